The summed E-state index contributed by atoms with van der Waals surface area (Å²) in [4.78, 5) is 97.8. The minimum atomic E-state index is -1.08. The molecule has 8 heterocycles. The zero-order valence-corrected chi connectivity index (χ0v) is 48.1. The van der Waals surface area contributed by atoms with Crippen LogP contribution in [0.5, 0.6) is 11.8 Å². The lowest BCUT2D eigenvalue weighted by atomic mass is 9.94. The molecule has 4 N–H and O–H groups in total. The molecule has 5 atom stereocenters. The summed E-state index contributed by atoms with van der Waals surface area (Å²) in [6.45, 7) is 11.4. The van der Waals surface area contributed by atoms with Gasteiger partial charge in [0.15, 0.2) is 0 Å². The molecule has 2 aromatic heterocycles. The Morgan fingerprint density at radius 3 is 2.36 bits per heavy atom. The molecular formula is C62H69FN10O13. The minimum absolute atomic E-state index is 0.0100. The summed E-state index contributed by atoms with van der Waals surface area (Å²) >= 11 is 0. The number of anilines is 2. The van der Waals surface area contributed by atoms with Crippen LogP contribution in [0.15, 0.2) is 60.8 Å². The molecule has 0 radical (unpaired) electrons. The molecule has 6 aliphatic heterocycles. The number of benzene rings is 3. The Balaban J connectivity index is 0.589. The third kappa shape index (κ3) is 12.6. The maximum absolute atomic E-state index is 15.2. The van der Waals surface area contributed by atoms with E-state index in [1.807, 2.05) is 6.92 Å². The number of rotatable bonds is 24. The third-order valence-corrected chi connectivity index (χ3v) is 16.9. The number of aryl methyl sites for hydroxylation is 1. The number of nitrogens with zero attached hydrogens (tertiary/aromatic N) is 7. The van der Waals surface area contributed by atoms with Gasteiger partial charge in [0.1, 0.15) is 36.6 Å². The Labute approximate surface area is 495 Å². The molecule has 11 rings (SSSR count). The van der Waals surface area contributed by atoms with Crippen LogP contribution in [0.1, 0.15) is 83.2 Å². The van der Waals surface area contributed by atoms with E-state index in [1.54, 1.807) is 31.4 Å². The van der Waals surface area contributed by atoms with Gasteiger partial charge >= 0.3 is 12.1 Å². The lowest BCUT2D eigenvalue weighted by Crippen LogP contribution is -2.54. The summed E-state index contributed by atoms with van der Waals surface area (Å²) < 4.78 is 50.2. The molecule has 0 spiro atoms. The number of carbonyl (C=O) groups is 6. The van der Waals surface area contributed by atoms with E-state index >= 15 is 4.39 Å². The van der Waals surface area contributed by atoms with E-state index < -0.39 is 47.1 Å². The molecule has 6 aliphatic rings. The van der Waals surface area contributed by atoms with Crippen molar-refractivity contribution in [3.05, 3.63) is 88.9 Å². The van der Waals surface area contributed by atoms with Gasteiger partial charge in [-0.05, 0) is 87.2 Å². The van der Waals surface area contributed by atoms with Crippen molar-refractivity contribution in [2.75, 3.05) is 110 Å². The first-order chi connectivity index (χ1) is 41.6. The van der Waals surface area contributed by atoms with Crippen LogP contribution >= 0.6 is 0 Å². The van der Waals surface area contributed by atoms with Crippen molar-refractivity contribution in [2.45, 2.75) is 88.0 Å². The minimum Gasteiger partial charge on any atom is -0.508 e. The van der Waals surface area contributed by atoms with Crippen molar-refractivity contribution in [3.8, 4) is 35.4 Å². The van der Waals surface area contributed by atoms with Crippen LogP contribution in [-0.4, -0.2) is 199 Å². The number of aromatic hydroxyl groups is 1. The van der Waals surface area contributed by atoms with Crippen LogP contribution < -0.4 is 25.6 Å². The first-order valence-corrected chi connectivity index (χ1v) is 29.1. The van der Waals surface area contributed by atoms with Crippen molar-refractivity contribution in [1.82, 2.24) is 40.3 Å². The van der Waals surface area contributed by atoms with E-state index in [0.717, 1.165) is 60.4 Å². The number of fused-ring (bicyclic) bond motifs is 6. The van der Waals surface area contributed by atoms with Gasteiger partial charge in [-0.25, -0.2) is 9.18 Å². The largest absolute Gasteiger partial charge is 0.508 e. The molecule has 5 fully saturated rings. The number of phenolic OH excluding ortho intramolecular Hbond substituents is 1. The normalized spacial score (nSPS) is 21.7. The highest BCUT2D eigenvalue weighted by Gasteiger charge is 2.52. The Bertz CT molecular complexity index is 3550. The number of aromatic nitrogens is 3. The van der Waals surface area contributed by atoms with Gasteiger partial charge in [0, 0.05) is 86.2 Å². The molecule has 6 amide bonds. The molecular weight excluding hydrogens is 1110 g/mol. The lowest BCUT2D eigenvalue weighted by Gasteiger charge is -2.35. The monoisotopic (exact) mass is 1180 g/mol. The number of imide groups is 2. The van der Waals surface area contributed by atoms with Crippen LogP contribution in [-0.2, 0) is 38.1 Å². The van der Waals surface area contributed by atoms with Crippen LogP contribution in [0.2, 0.25) is 0 Å². The SMILES string of the molecule is C#Cc1c(F)ccc2cc(O)cc(-c3ncc4c(N5CC6CCC(C5)N6)nc(OCC56CC[C@@H](COC(=O)N(C)CCOCCOCCOCCOCCC(=O)Nc7ccc8c(c7)C(=O)N(C7CCC(=O)NC7=O)C8=O)N5CC(=C)C6)nc4c3C)c12. The van der Waals surface area contributed by atoms with Gasteiger partial charge in [-0.2, -0.15) is 9.97 Å². The van der Waals surface area contributed by atoms with Gasteiger partial charge in [-0.15, -0.1) is 6.42 Å². The number of likely N-dealkylation sites (N-methyl/N-ethyl adjacent to an activating group) is 1. The molecule has 0 aliphatic carbocycles. The van der Waals surface area contributed by atoms with Crippen LogP contribution in [0.25, 0.3) is 32.9 Å². The fourth-order valence-electron chi connectivity index (χ4n) is 12.7. The van der Waals surface area contributed by atoms with Crippen LogP contribution in [0, 0.1) is 25.1 Å². The molecule has 2 bridgehead atoms. The smallest absolute Gasteiger partial charge is 0.409 e. The molecule has 86 heavy (non-hydrogen) atoms. The van der Waals surface area contributed by atoms with E-state index in [1.165, 1.54) is 29.2 Å². The highest BCUT2D eigenvalue weighted by Crippen LogP contribution is 2.45. The summed E-state index contributed by atoms with van der Waals surface area (Å²) in [7, 11) is 1.67. The summed E-state index contributed by atoms with van der Waals surface area (Å²) in [6.07, 6.45) is 11.7. The van der Waals surface area contributed by atoms with Gasteiger partial charge < -0.3 is 54.0 Å². The number of piperidine rings is 1. The predicted molar refractivity (Wildman–Crippen MR) is 312 cm³/mol. The Hall–Kier alpha value is -8.18. The Morgan fingerprint density at radius 2 is 1.63 bits per heavy atom. The number of nitrogens with one attached hydrogen (secondary N) is 3. The van der Waals surface area contributed by atoms with Gasteiger partial charge in [0.2, 0.25) is 17.7 Å². The zero-order valence-electron chi connectivity index (χ0n) is 48.1. The molecule has 5 aromatic rings. The standard InChI is InChI=1S/C62H69FN10O13/c1-5-44-49(63)11-6-38-26-43(74)28-47(53(38)44)54-37(3)55-48(30-64-54)56(71-32-40-7-8-41(33-71)65-40)69-60(68-55)86-35-62-16-14-42(72(62)31-36(2)29-62)34-85-61(80)70(4)17-19-82-21-23-84-25-24-83-22-20-81-18-15-52(76)66-39-9-10-45-46(27-39)59(79)73(58(45)78)50-12-13-51(75)67-57(50)77/h1,6,9-11,26-28,30,40-42,50,65,74H,2,7-8,12-25,29,31-35H2,3-4H3,(H,66,76)(H,67,75,77)/t40?,41?,42-,50?,62?/m0/s1. The van der Waals surface area contributed by atoms with Crippen molar-refractivity contribution in [3.63, 3.8) is 0 Å². The second-order valence-corrected chi connectivity index (χ2v) is 22.7. The average molecular weight is 1180 g/mol. The average Bonchev–Trinajstić information content (AvgIpc) is 1.25. The molecule has 5 saturated heterocycles. The second kappa shape index (κ2) is 25.8. The Kier molecular flexibility index (Phi) is 17.9. The number of hydrogen-bond donors (Lipinski definition) is 4. The molecule has 24 heteroatoms. The molecule has 0 saturated carbocycles. The first-order valence-electron chi connectivity index (χ1n) is 29.1. The maximum Gasteiger partial charge on any atom is 0.409 e. The van der Waals surface area contributed by atoms with Gasteiger partial charge in [-0.1, -0.05) is 24.1 Å². The highest BCUT2D eigenvalue weighted by atomic mass is 19.1. The number of piperazine rings is 1. The fraction of sp³-hybridized carbons (Fsp3) is 0.468. The number of ether oxygens (including phenoxy) is 6. The topological polar surface area (TPSA) is 266 Å². The molecule has 452 valence electrons. The van der Waals surface area contributed by atoms with Crippen LogP contribution in [0.3, 0.4) is 0 Å². The summed E-state index contributed by atoms with van der Waals surface area (Å²) in [5.74, 6) is -0.146. The Morgan fingerprint density at radius 1 is 0.907 bits per heavy atom. The van der Waals surface area contributed by atoms with Gasteiger partial charge in [-0.3, -0.25) is 44.1 Å². The lowest BCUT2D eigenvalue weighted by molar-refractivity contribution is -0.136. The molecule has 3 aromatic carbocycles. The number of halogens is 1. The van der Waals surface area contributed by atoms with Crippen LogP contribution in [0.4, 0.5) is 20.7 Å². The zero-order chi connectivity index (χ0) is 60.2. The fourth-order valence-corrected chi connectivity index (χ4v) is 12.7. The highest BCUT2D eigenvalue weighted by molar-refractivity contribution is 6.24. The second-order valence-electron chi connectivity index (χ2n) is 22.7. The predicted octanol–water partition coefficient (Wildman–Crippen LogP) is 5.03. The van der Waals surface area contributed by atoms with E-state index in [9.17, 15) is 33.9 Å². The number of phenols is 1. The number of pyridine rings is 1. The summed E-state index contributed by atoms with van der Waals surface area (Å²) in [5, 5.41) is 21.2. The quantitative estimate of drug-likeness (QED) is 0.0273. The number of amides is 6. The van der Waals surface area contributed by atoms with Crippen molar-refractivity contribution >= 4 is 68.8 Å². The van der Waals surface area contributed by atoms with E-state index in [0.29, 0.717) is 96.8 Å². The third-order valence-electron chi connectivity index (χ3n) is 16.9. The molecule has 4 unspecified atom stereocenters. The number of hydrogen-bond acceptors (Lipinski definition) is 19. The van der Waals surface area contributed by atoms with Crippen molar-refractivity contribution in [2.24, 2.45) is 0 Å². The summed E-state index contributed by atoms with van der Waals surface area (Å²) in [5.41, 5.74) is 3.51. The summed E-state index contributed by atoms with van der Waals surface area (Å²) in [6, 6.07) is 10.0. The van der Waals surface area contributed by atoms with Crippen molar-refractivity contribution < 1.29 is 66.7 Å². The van der Waals surface area contributed by atoms with Gasteiger partial charge in [0.05, 0.1) is 98.1 Å². The number of terminal acetylenes is 1. The van der Waals surface area contributed by atoms with Gasteiger partial charge in [0.25, 0.3) is 11.8 Å². The maximum atomic E-state index is 15.2. The number of carbonyl (C=O) groups excluding carboxylic acids is 6. The van der Waals surface area contributed by atoms with E-state index in [-0.39, 0.29) is 99.3 Å². The molecule has 23 nitrogen and oxygen atoms in total. The van der Waals surface area contributed by atoms with E-state index in [2.05, 4.69) is 38.2 Å². The van der Waals surface area contributed by atoms with Crippen molar-refractivity contribution in [1.29, 1.82) is 0 Å². The first kappa shape index (κ1) is 59.5. The van der Waals surface area contributed by atoms with E-state index in [4.69, 9.17) is 49.8 Å².